The zero-order valence-corrected chi connectivity index (χ0v) is 9.34. The van der Waals surface area contributed by atoms with Gasteiger partial charge in [-0.05, 0) is 19.1 Å². The third-order valence-electron chi connectivity index (χ3n) is 2.56. The van der Waals surface area contributed by atoms with Gasteiger partial charge in [-0.3, -0.25) is 9.78 Å². The quantitative estimate of drug-likeness (QED) is 0.805. The first-order chi connectivity index (χ1) is 7.04. The first-order valence-corrected chi connectivity index (χ1v) is 4.97. The Morgan fingerprint density at radius 2 is 1.93 bits per heavy atom. The van der Waals surface area contributed by atoms with E-state index in [0.717, 1.165) is 5.69 Å². The number of carbonyl (C=O) groups excluding carboxylic acids is 1. The third kappa shape index (κ3) is 2.76. The maximum atomic E-state index is 11.9. The Morgan fingerprint density at radius 3 is 2.40 bits per heavy atom. The van der Waals surface area contributed by atoms with Gasteiger partial charge in [-0.1, -0.05) is 6.92 Å². The Balaban J connectivity index is 2.78. The zero-order chi connectivity index (χ0) is 11.4. The molecule has 2 unspecified atom stereocenters. The molecular weight excluding hydrogens is 190 g/mol. The largest absolute Gasteiger partial charge is 0.327 e. The molecule has 1 rings (SSSR count). The van der Waals surface area contributed by atoms with Crippen LogP contribution in [-0.4, -0.2) is 24.0 Å². The molecule has 4 heteroatoms. The smallest absolute Gasteiger partial charge is 0.231 e. The lowest BCUT2D eigenvalue weighted by Gasteiger charge is -2.23. The second-order valence-corrected chi connectivity index (χ2v) is 3.75. The van der Waals surface area contributed by atoms with Crippen molar-refractivity contribution in [2.24, 2.45) is 11.7 Å². The number of amides is 1. The van der Waals surface area contributed by atoms with E-state index in [1.54, 1.807) is 36.5 Å². The monoisotopic (exact) mass is 207 g/mol. The number of aromatic nitrogens is 1. The summed E-state index contributed by atoms with van der Waals surface area (Å²) in [5, 5.41) is 0. The molecule has 0 aromatic carbocycles. The van der Waals surface area contributed by atoms with E-state index in [-0.39, 0.29) is 17.9 Å². The first kappa shape index (κ1) is 11.7. The highest BCUT2D eigenvalue weighted by Gasteiger charge is 2.21. The van der Waals surface area contributed by atoms with Crippen molar-refractivity contribution >= 4 is 11.6 Å². The molecule has 2 N–H and O–H groups in total. The summed E-state index contributed by atoms with van der Waals surface area (Å²) in [7, 11) is 1.75. The van der Waals surface area contributed by atoms with Crippen molar-refractivity contribution in [3.63, 3.8) is 0 Å². The van der Waals surface area contributed by atoms with Gasteiger partial charge < -0.3 is 10.6 Å². The van der Waals surface area contributed by atoms with Crippen LogP contribution in [0.25, 0.3) is 0 Å². The molecule has 1 heterocycles. The van der Waals surface area contributed by atoms with E-state index in [9.17, 15) is 4.79 Å². The van der Waals surface area contributed by atoms with Crippen molar-refractivity contribution in [3.05, 3.63) is 24.5 Å². The molecule has 1 aromatic heterocycles. The van der Waals surface area contributed by atoms with Crippen molar-refractivity contribution in [1.29, 1.82) is 0 Å². The number of pyridine rings is 1. The SMILES string of the molecule is CC(N)C(C)C(=O)N(C)c1ccncc1. The normalized spacial score (nSPS) is 14.4. The lowest BCUT2D eigenvalue weighted by atomic mass is 10.0. The topological polar surface area (TPSA) is 59.2 Å². The van der Waals surface area contributed by atoms with Crippen molar-refractivity contribution in [1.82, 2.24) is 4.98 Å². The number of nitrogens with two attached hydrogens (primary N) is 1. The maximum Gasteiger partial charge on any atom is 0.231 e. The van der Waals surface area contributed by atoms with Crippen LogP contribution >= 0.6 is 0 Å². The summed E-state index contributed by atoms with van der Waals surface area (Å²) in [6.45, 7) is 3.67. The van der Waals surface area contributed by atoms with Crippen LogP contribution in [0, 0.1) is 5.92 Å². The van der Waals surface area contributed by atoms with Crippen molar-refractivity contribution in [2.75, 3.05) is 11.9 Å². The van der Waals surface area contributed by atoms with Crippen molar-refractivity contribution in [3.8, 4) is 0 Å². The summed E-state index contributed by atoms with van der Waals surface area (Å²) in [5.74, 6) is -0.153. The highest BCUT2D eigenvalue weighted by molar-refractivity contribution is 5.94. The molecule has 15 heavy (non-hydrogen) atoms. The van der Waals surface area contributed by atoms with Crippen LogP contribution in [0.5, 0.6) is 0 Å². The molecule has 0 fully saturated rings. The minimum Gasteiger partial charge on any atom is -0.327 e. The molecule has 0 aliphatic heterocycles. The van der Waals surface area contributed by atoms with E-state index in [0.29, 0.717) is 0 Å². The Bertz CT molecular complexity index is 324. The number of rotatable bonds is 3. The average Bonchev–Trinajstić information content (AvgIpc) is 2.27. The number of hydrogen-bond donors (Lipinski definition) is 1. The lowest BCUT2D eigenvalue weighted by Crippen LogP contribution is -2.39. The van der Waals surface area contributed by atoms with Gasteiger partial charge in [-0.15, -0.1) is 0 Å². The fraction of sp³-hybridized carbons (Fsp3) is 0.455. The van der Waals surface area contributed by atoms with E-state index in [2.05, 4.69) is 4.98 Å². The van der Waals surface area contributed by atoms with E-state index < -0.39 is 0 Å². The number of nitrogens with zero attached hydrogens (tertiary/aromatic N) is 2. The molecule has 0 aliphatic rings. The summed E-state index contributed by atoms with van der Waals surface area (Å²) < 4.78 is 0. The Kier molecular flexibility index (Phi) is 3.80. The van der Waals surface area contributed by atoms with E-state index in [4.69, 9.17) is 5.73 Å². The molecule has 0 radical (unpaired) electrons. The predicted octanol–water partition coefficient (Wildman–Crippen LogP) is 1.03. The fourth-order valence-electron chi connectivity index (χ4n) is 1.23. The first-order valence-electron chi connectivity index (χ1n) is 4.97. The third-order valence-corrected chi connectivity index (χ3v) is 2.56. The molecule has 0 spiro atoms. The van der Waals surface area contributed by atoms with Gasteiger partial charge in [0.2, 0.25) is 5.91 Å². The summed E-state index contributed by atoms with van der Waals surface area (Å²) in [6.07, 6.45) is 3.32. The van der Waals surface area contributed by atoms with E-state index in [1.807, 2.05) is 13.8 Å². The van der Waals surface area contributed by atoms with Crippen LogP contribution in [0.4, 0.5) is 5.69 Å². The Hall–Kier alpha value is -1.42. The van der Waals surface area contributed by atoms with Gasteiger partial charge in [0.1, 0.15) is 0 Å². The molecular formula is C11H17N3O. The highest BCUT2D eigenvalue weighted by atomic mass is 16.2. The lowest BCUT2D eigenvalue weighted by molar-refractivity contribution is -0.122. The van der Waals surface area contributed by atoms with Gasteiger partial charge in [0, 0.05) is 31.2 Å². The molecule has 0 bridgehead atoms. The number of hydrogen-bond acceptors (Lipinski definition) is 3. The molecule has 0 saturated heterocycles. The molecule has 4 nitrogen and oxygen atoms in total. The molecule has 82 valence electrons. The highest BCUT2D eigenvalue weighted by Crippen LogP contribution is 2.14. The Morgan fingerprint density at radius 1 is 1.40 bits per heavy atom. The van der Waals surface area contributed by atoms with Gasteiger partial charge in [-0.25, -0.2) is 0 Å². The predicted molar refractivity (Wildman–Crippen MR) is 60.5 cm³/mol. The van der Waals surface area contributed by atoms with Crippen molar-refractivity contribution < 1.29 is 4.79 Å². The summed E-state index contributed by atoms with van der Waals surface area (Å²) in [5.41, 5.74) is 6.53. The minimum atomic E-state index is -0.178. The van der Waals surface area contributed by atoms with Crippen LogP contribution in [0.3, 0.4) is 0 Å². The zero-order valence-electron chi connectivity index (χ0n) is 9.34. The molecule has 1 amide bonds. The summed E-state index contributed by atoms with van der Waals surface area (Å²) >= 11 is 0. The van der Waals surface area contributed by atoms with Gasteiger partial charge in [0.15, 0.2) is 0 Å². The van der Waals surface area contributed by atoms with Crippen LogP contribution in [0.1, 0.15) is 13.8 Å². The van der Waals surface area contributed by atoms with Crippen LogP contribution < -0.4 is 10.6 Å². The minimum absolute atomic E-state index is 0.0243. The summed E-state index contributed by atoms with van der Waals surface area (Å²) in [4.78, 5) is 17.4. The average molecular weight is 207 g/mol. The van der Waals surface area contributed by atoms with Crippen LogP contribution in [0.2, 0.25) is 0 Å². The maximum absolute atomic E-state index is 11.9. The van der Waals surface area contributed by atoms with E-state index >= 15 is 0 Å². The molecule has 0 aliphatic carbocycles. The molecule has 2 atom stereocenters. The number of anilines is 1. The fourth-order valence-corrected chi connectivity index (χ4v) is 1.23. The van der Waals surface area contributed by atoms with Crippen LogP contribution in [-0.2, 0) is 4.79 Å². The standard InChI is InChI=1S/C11H17N3O/c1-8(9(2)12)11(15)14(3)10-4-6-13-7-5-10/h4-9H,12H2,1-3H3. The second kappa shape index (κ2) is 4.89. The van der Waals surface area contributed by atoms with Gasteiger partial charge >= 0.3 is 0 Å². The Labute approximate surface area is 90.1 Å². The van der Waals surface area contributed by atoms with Crippen LogP contribution in [0.15, 0.2) is 24.5 Å². The van der Waals surface area contributed by atoms with Crippen molar-refractivity contribution in [2.45, 2.75) is 19.9 Å². The number of carbonyl (C=O) groups is 1. The van der Waals surface area contributed by atoms with Gasteiger partial charge in [0.25, 0.3) is 0 Å². The van der Waals surface area contributed by atoms with E-state index in [1.165, 1.54) is 0 Å². The second-order valence-electron chi connectivity index (χ2n) is 3.75. The van der Waals surface area contributed by atoms with Gasteiger partial charge in [-0.2, -0.15) is 0 Å². The summed E-state index contributed by atoms with van der Waals surface area (Å²) in [6, 6.07) is 3.46. The molecule has 0 saturated carbocycles. The van der Waals surface area contributed by atoms with Gasteiger partial charge in [0.05, 0.1) is 5.92 Å². The molecule has 1 aromatic rings.